The van der Waals surface area contributed by atoms with Crippen molar-refractivity contribution in [2.24, 2.45) is 5.92 Å². The molecule has 14 heavy (non-hydrogen) atoms. The summed E-state index contributed by atoms with van der Waals surface area (Å²) in [6.45, 7) is 5.91. The van der Waals surface area contributed by atoms with E-state index in [1.54, 1.807) is 0 Å². The van der Waals surface area contributed by atoms with Crippen molar-refractivity contribution < 1.29 is 0 Å². The molecule has 1 aliphatic rings. The summed E-state index contributed by atoms with van der Waals surface area (Å²) in [6.07, 6.45) is 7.04. The van der Waals surface area contributed by atoms with E-state index in [-0.39, 0.29) is 0 Å². The quantitative estimate of drug-likeness (QED) is 0.682. The topological polar surface area (TPSA) is 12.0 Å². The third-order valence-corrected chi connectivity index (χ3v) is 4.24. The van der Waals surface area contributed by atoms with Gasteiger partial charge in [-0.25, -0.2) is 0 Å². The van der Waals surface area contributed by atoms with Gasteiger partial charge < -0.3 is 5.32 Å². The molecule has 0 amide bonds. The van der Waals surface area contributed by atoms with Crippen LogP contribution in [0.2, 0.25) is 0 Å². The zero-order chi connectivity index (χ0) is 10.2. The molecule has 0 aromatic rings. The SMILES string of the molecule is CCCCCCC(C)C1CSCCN1. The zero-order valence-corrected chi connectivity index (χ0v) is 10.5. The van der Waals surface area contributed by atoms with Gasteiger partial charge in [-0.2, -0.15) is 11.8 Å². The molecular formula is C12H25NS. The second-order valence-corrected chi connectivity index (χ2v) is 5.61. The van der Waals surface area contributed by atoms with Crippen LogP contribution in [-0.2, 0) is 0 Å². The monoisotopic (exact) mass is 215 g/mol. The molecule has 2 heteroatoms. The maximum atomic E-state index is 3.64. The lowest BCUT2D eigenvalue weighted by molar-refractivity contribution is 0.373. The Bertz CT molecular complexity index is 132. The first kappa shape index (κ1) is 12.4. The lowest BCUT2D eigenvalue weighted by Gasteiger charge is -2.28. The van der Waals surface area contributed by atoms with E-state index in [1.165, 1.54) is 50.2 Å². The lowest BCUT2D eigenvalue weighted by atomic mass is 9.96. The number of unbranched alkanes of at least 4 members (excludes halogenated alkanes) is 3. The Morgan fingerprint density at radius 3 is 2.86 bits per heavy atom. The minimum atomic E-state index is 0.787. The molecule has 2 unspecified atom stereocenters. The van der Waals surface area contributed by atoms with Gasteiger partial charge >= 0.3 is 0 Å². The average Bonchev–Trinajstić information content (AvgIpc) is 2.25. The Morgan fingerprint density at radius 1 is 1.36 bits per heavy atom. The summed E-state index contributed by atoms with van der Waals surface area (Å²) in [5, 5.41) is 3.64. The van der Waals surface area contributed by atoms with Gasteiger partial charge in [-0.3, -0.25) is 0 Å². The van der Waals surface area contributed by atoms with Crippen molar-refractivity contribution in [1.29, 1.82) is 0 Å². The second-order valence-electron chi connectivity index (χ2n) is 4.46. The molecular weight excluding hydrogens is 190 g/mol. The fourth-order valence-corrected chi connectivity index (χ4v) is 3.17. The van der Waals surface area contributed by atoms with Gasteiger partial charge in [-0.05, 0) is 12.3 Å². The fraction of sp³-hybridized carbons (Fsp3) is 1.00. The Hall–Kier alpha value is 0.310. The second kappa shape index (κ2) is 7.58. The Balaban J connectivity index is 2.04. The molecule has 0 aliphatic carbocycles. The highest BCUT2D eigenvalue weighted by atomic mass is 32.2. The van der Waals surface area contributed by atoms with E-state index < -0.39 is 0 Å². The minimum Gasteiger partial charge on any atom is -0.312 e. The van der Waals surface area contributed by atoms with E-state index in [2.05, 4.69) is 30.9 Å². The van der Waals surface area contributed by atoms with Gasteiger partial charge in [0.1, 0.15) is 0 Å². The largest absolute Gasteiger partial charge is 0.312 e. The van der Waals surface area contributed by atoms with Crippen LogP contribution in [0.1, 0.15) is 46.0 Å². The molecule has 0 spiro atoms. The van der Waals surface area contributed by atoms with Gasteiger partial charge in [-0.1, -0.05) is 39.5 Å². The molecule has 1 fully saturated rings. The highest BCUT2D eigenvalue weighted by molar-refractivity contribution is 7.99. The van der Waals surface area contributed by atoms with Gasteiger partial charge in [-0.15, -0.1) is 0 Å². The molecule has 0 aromatic heterocycles. The summed E-state index contributed by atoms with van der Waals surface area (Å²) in [5.74, 6) is 3.51. The van der Waals surface area contributed by atoms with Crippen molar-refractivity contribution in [3.05, 3.63) is 0 Å². The number of hydrogen-bond acceptors (Lipinski definition) is 2. The molecule has 84 valence electrons. The standard InChI is InChI=1S/C12H25NS/c1-3-4-5-6-7-11(2)12-10-14-9-8-13-12/h11-13H,3-10H2,1-2H3. The van der Waals surface area contributed by atoms with Gasteiger partial charge in [0.25, 0.3) is 0 Å². The van der Waals surface area contributed by atoms with Crippen LogP contribution in [0.25, 0.3) is 0 Å². The molecule has 0 saturated carbocycles. The van der Waals surface area contributed by atoms with Crippen LogP contribution in [0, 0.1) is 5.92 Å². The Kier molecular flexibility index (Phi) is 6.70. The van der Waals surface area contributed by atoms with Crippen molar-refractivity contribution in [3.8, 4) is 0 Å². The lowest BCUT2D eigenvalue weighted by Crippen LogP contribution is -2.41. The molecule has 0 aromatic carbocycles. The zero-order valence-electron chi connectivity index (χ0n) is 9.72. The minimum absolute atomic E-state index is 0.787. The first-order chi connectivity index (χ1) is 6.84. The van der Waals surface area contributed by atoms with Gasteiger partial charge in [0, 0.05) is 24.1 Å². The maximum absolute atomic E-state index is 3.64. The Morgan fingerprint density at radius 2 is 2.21 bits per heavy atom. The van der Waals surface area contributed by atoms with Crippen LogP contribution < -0.4 is 5.32 Å². The summed E-state index contributed by atoms with van der Waals surface area (Å²) in [5.41, 5.74) is 0. The maximum Gasteiger partial charge on any atom is 0.0184 e. The molecule has 0 radical (unpaired) electrons. The number of nitrogens with one attached hydrogen (secondary N) is 1. The summed E-state index contributed by atoms with van der Waals surface area (Å²) < 4.78 is 0. The van der Waals surface area contributed by atoms with Crippen molar-refractivity contribution >= 4 is 11.8 Å². The smallest absolute Gasteiger partial charge is 0.0184 e. The summed E-state index contributed by atoms with van der Waals surface area (Å²) in [7, 11) is 0. The van der Waals surface area contributed by atoms with Crippen LogP contribution in [0.15, 0.2) is 0 Å². The van der Waals surface area contributed by atoms with Crippen LogP contribution in [0.5, 0.6) is 0 Å². The van der Waals surface area contributed by atoms with Crippen molar-refractivity contribution in [1.82, 2.24) is 5.32 Å². The van der Waals surface area contributed by atoms with Crippen molar-refractivity contribution in [3.63, 3.8) is 0 Å². The normalized spacial score (nSPS) is 24.9. The molecule has 1 nitrogen and oxygen atoms in total. The van der Waals surface area contributed by atoms with Crippen molar-refractivity contribution in [2.45, 2.75) is 52.0 Å². The predicted octanol–water partition coefficient (Wildman–Crippen LogP) is 3.30. The first-order valence-electron chi connectivity index (χ1n) is 6.15. The van der Waals surface area contributed by atoms with E-state index in [9.17, 15) is 0 Å². The third-order valence-electron chi connectivity index (χ3n) is 3.15. The van der Waals surface area contributed by atoms with E-state index >= 15 is 0 Å². The molecule has 1 heterocycles. The first-order valence-corrected chi connectivity index (χ1v) is 7.31. The molecule has 1 saturated heterocycles. The average molecular weight is 215 g/mol. The summed E-state index contributed by atoms with van der Waals surface area (Å²) >= 11 is 2.11. The van der Waals surface area contributed by atoms with Crippen molar-refractivity contribution in [2.75, 3.05) is 18.1 Å². The fourth-order valence-electron chi connectivity index (χ4n) is 2.05. The van der Waals surface area contributed by atoms with E-state index in [4.69, 9.17) is 0 Å². The van der Waals surface area contributed by atoms with Crippen LogP contribution in [-0.4, -0.2) is 24.1 Å². The summed E-state index contributed by atoms with van der Waals surface area (Å²) in [6, 6.07) is 0.787. The van der Waals surface area contributed by atoms with E-state index in [1.807, 2.05) is 0 Å². The van der Waals surface area contributed by atoms with Gasteiger partial charge in [0.15, 0.2) is 0 Å². The number of rotatable bonds is 6. The molecule has 0 bridgehead atoms. The molecule has 1 aliphatic heterocycles. The summed E-state index contributed by atoms with van der Waals surface area (Å²) in [4.78, 5) is 0. The van der Waals surface area contributed by atoms with Crippen LogP contribution >= 0.6 is 11.8 Å². The molecule has 1 N–H and O–H groups in total. The van der Waals surface area contributed by atoms with Gasteiger partial charge in [0.2, 0.25) is 0 Å². The number of hydrogen-bond donors (Lipinski definition) is 1. The Labute approximate surface area is 93.4 Å². The van der Waals surface area contributed by atoms with Gasteiger partial charge in [0.05, 0.1) is 0 Å². The van der Waals surface area contributed by atoms with E-state index in [0.29, 0.717) is 0 Å². The van der Waals surface area contributed by atoms with Crippen LogP contribution in [0.3, 0.4) is 0 Å². The highest BCUT2D eigenvalue weighted by Crippen LogP contribution is 2.19. The predicted molar refractivity (Wildman–Crippen MR) is 67.0 cm³/mol. The molecule has 1 rings (SSSR count). The van der Waals surface area contributed by atoms with E-state index in [0.717, 1.165) is 12.0 Å². The van der Waals surface area contributed by atoms with Crippen LogP contribution in [0.4, 0.5) is 0 Å². The number of thioether (sulfide) groups is 1. The third kappa shape index (κ3) is 4.70. The highest BCUT2D eigenvalue weighted by Gasteiger charge is 2.18. The molecule has 2 atom stereocenters.